The number of piperazine rings is 1. The molecule has 8 nitrogen and oxygen atoms in total. The second-order valence-electron chi connectivity index (χ2n) is 9.19. The lowest BCUT2D eigenvalue weighted by molar-refractivity contribution is -0.134. The number of benzene rings is 1. The topological polar surface area (TPSA) is 85.0 Å². The van der Waals surface area contributed by atoms with Gasteiger partial charge in [-0.15, -0.1) is 0 Å². The van der Waals surface area contributed by atoms with Crippen molar-refractivity contribution in [3.05, 3.63) is 29.8 Å². The summed E-state index contributed by atoms with van der Waals surface area (Å²) in [5.41, 5.74) is 1.69. The van der Waals surface area contributed by atoms with Crippen LogP contribution in [0.4, 0.5) is 5.69 Å². The minimum absolute atomic E-state index is 0.00651. The van der Waals surface area contributed by atoms with Crippen LogP contribution in [0.25, 0.3) is 0 Å². The highest BCUT2D eigenvalue weighted by molar-refractivity contribution is 5.93. The highest BCUT2D eigenvalue weighted by Crippen LogP contribution is 2.15. The zero-order valence-corrected chi connectivity index (χ0v) is 19.5. The summed E-state index contributed by atoms with van der Waals surface area (Å²) in [7, 11) is 1.77. The maximum Gasteiger partial charge on any atom is 0.238 e. The first-order chi connectivity index (χ1) is 14.6. The molecule has 0 atom stereocenters. The van der Waals surface area contributed by atoms with Gasteiger partial charge in [0, 0.05) is 37.4 Å². The SMILES string of the molecule is CCc1ccccc1NC(=O)CN1CCN(C(=O)CN(C)CC(=O)NC(C)(C)C)CC1. The van der Waals surface area contributed by atoms with Crippen LogP contribution >= 0.6 is 0 Å². The Morgan fingerprint density at radius 1 is 1.00 bits per heavy atom. The van der Waals surface area contributed by atoms with Gasteiger partial charge in [0.05, 0.1) is 19.6 Å². The molecule has 0 radical (unpaired) electrons. The molecular formula is C23H37N5O3. The predicted octanol–water partition coefficient (Wildman–Crippen LogP) is 1.18. The van der Waals surface area contributed by atoms with E-state index in [-0.39, 0.29) is 36.3 Å². The van der Waals surface area contributed by atoms with Crippen LogP contribution < -0.4 is 10.6 Å². The lowest BCUT2D eigenvalue weighted by Crippen LogP contribution is -2.53. The number of rotatable bonds is 8. The van der Waals surface area contributed by atoms with Gasteiger partial charge in [-0.1, -0.05) is 25.1 Å². The number of hydrogen-bond acceptors (Lipinski definition) is 5. The summed E-state index contributed by atoms with van der Waals surface area (Å²) in [6, 6.07) is 7.83. The number of anilines is 1. The summed E-state index contributed by atoms with van der Waals surface area (Å²) in [6.07, 6.45) is 0.865. The molecule has 2 rings (SSSR count). The van der Waals surface area contributed by atoms with E-state index in [1.54, 1.807) is 16.8 Å². The second-order valence-corrected chi connectivity index (χ2v) is 9.19. The van der Waals surface area contributed by atoms with Gasteiger partial charge < -0.3 is 15.5 Å². The van der Waals surface area contributed by atoms with Crippen molar-refractivity contribution in [1.82, 2.24) is 20.0 Å². The Morgan fingerprint density at radius 2 is 1.65 bits per heavy atom. The highest BCUT2D eigenvalue weighted by atomic mass is 16.2. The van der Waals surface area contributed by atoms with Crippen LogP contribution in [0.3, 0.4) is 0 Å². The van der Waals surface area contributed by atoms with E-state index in [2.05, 4.69) is 22.5 Å². The Morgan fingerprint density at radius 3 is 2.26 bits per heavy atom. The first-order valence-electron chi connectivity index (χ1n) is 10.9. The summed E-state index contributed by atoms with van der Waals surface area (Å²) in [4.78, 5) is 42.6. The number of para-hydroxylation sites is 1. The van der Waals surface area contributed by atoms with Gasteiger partial charge >= 0.3 is 0 Å². The maximum atomic E-state index is 12.6. The maximum absolute atomic E-state index is 12.6. The Labute approximate surface area is 185 Å². The normalized spacial score (nSPS) is 15.1. The third-order valence-electron chi connectivity index (χ3n) is 5.10. The van der Waals surface area contributed by atoms with Crippen LogP contribution in [-0.4, -0.2) is 90.8 Å². The van der Waals surface area contributed by atoms with E-state index >= 15 is 0 Å². The Balaban J connectivity index is 1.73. The fourth-order valence-electron chi connectivity index (χ4n) is 3.59. The minimum Gasteiger partial charge on any atom is -0.350 e. The van der Waals surface area contributed by atoms with Crippen molar-refractivity contribution in [3.63, 3.8) is 0 Å². The monoisotopic (exact) mass is 431 g/mol. The van der Waals surface area contributed by atoms with Gasteiger partial charge in [0.2, 0.25) is 17.7 Å². The average molecular weight is 432 g/mol. The summed E-state index contributed by atoms with van der Waals surface area (Å²) in [5.74, 6) is -0.124. The van der Waals surface area contributed by atoms with Crippen LogP contribution in [-0.2, 0) is 20.8 Å². The molecule has 0 unspecified atom stereocenters. The van der Waals surface area contributed by atoms with Crippen LogP contribution in [0, 0.1) is 0 Å². The van der Waals surface area contributed by atoms with Crippen molar-refractivity contribution in [2.24, 2.45) is 0 Å². The fourth-order valence-corrected chi connectivity index (χ4v) is 3.59. The zero-order chi connectivity index (χ0) is 23.0. The van der Waals surface area contributed by atoms with Crippen molar-refractivity contribution < 1.29 is 14.4 Å². The largest absolute Gasteiger partial charge is 0.350 e. The molecule has 0 aliphatic carbocycles. The summed E-state index contributed by atoms with van der Waals surface area (Å²) in [6.45, 7) is 11.0. The van der Waals surface area contributed by atoms with E-state index in [1.807, 2.05) is 45.0 Å². The van der Waals surface area contributed by atoms with Gasteiger partial charge in [-0.3, -0.25) is 24.2 Å². The van der Waals surface area contributed by atoms with Crippen molar-refractivity contribution in [1.29, 1.82) is 0 Å². The van der Waals surface area contributed by atoms with Gasteiger partial charge in [-0.25, -0.2) is 0 Å². The molecule has 0 saturated carbocycles. The van der Waals surface area contributed by atoms with Gasteiger partial charge in [-0.2, -0.15) is 0 Å². The summed E-state index contributed by atoms with van der Waals surface area (Å²) in [5, 5.41) is 5.90. The number of aryl methyl sites for hydroxylation is 1. The van der Waals surface area contributed by atoms with Crippen molar-refractivity contribution in [3.8, 4) is 0 Å². The van der Waals surface area contributed by atoms with Crippen LogP contribution in [0.15, 0.2) is 24.3 Å². The second kappa shape index (κ2) is 11.2. The molecule has 1 fully saturated rings. The highest BCUT2D eigenvalue weighted by Gasteiger charge is 2.24. The molecule has 1 saturated heterocycles. The summed E-state index contributed by atoms with van der Waals surface area (Å²) < 4.78 is 0. The first-order valence-corrected chi connectivity index (χ1v) is 10.9. The Bertz CT molecular complexity index is 767. The lowest BCUT2D eigenvalue weighted by atomic mass is 10.1. The van der Waals surface area contributed by atoms with Crippen molar-refractivity contribution >= 4 is 23.4 Å². The molecule has 1 aromatic rings. The van der Waals surface area contributed by atoms with Crippen LogP contribution in [0.1, 0.15) is 33.3 Å². The average Bonchev–Trinajstić information content (AvgIpc) is 2.67. The van der Waals surface area contributed by atoms with E-state index < -0.39 is 0 Å². The molecule has 0 spiro atoms. The summed E-state index contributed by atoms with van der Waals surface area (Å²) >= 11 is 0. The Hall–Kier alpha value is -2.45. The van der Waals surface area contributed by atoms with Gasteiger partial charge in [-0.05, 0) is 45.9 Å². The number of amides is 3. The Kier molecular flexibility index (Phi) is 9.00. The third kappa shape index (κ3) is 8.67. The van der Waals surface area contributed by atoms with Crippen LogP contribution in [0.5, 0.6) is 0 Å². The lowest BCUT2D eigenvalue weighted by Gasteiger charge is -2.35. The molecule has 1 aliphatic rings. The molecule has 0 aromatic heterocycles. The molecule has 31 heavy (non-hydrogen) atoms. The number of carbonyl (C=O) groups is 3. The number of hydrogen-bond donors (Lipinski definition) is 2. The molecule has 1 aliphatic heterocycles. The van der Waals surface area contributed by atoms with E-state index in [0.717, 1.165) is 17.7 Å². The van der Waals surface area contributed by atoms with E-state index in [0.29, 0.717) is 32.7 Å². The first kappa shape index (κ1) is 24.8. The zero-order valence-electron chi connectivity index (χ0n) is 19.5. The number of carbonyl (C=O) groups excluding carboxylic acids is 3. The van der Waals surface area contributed by atoms with Gasteiger partial charge in [0.1, 0.15) is 0 Å². The van der Waals surface area contributed by atoms with Gasteiger partial charge in [0.15, 0.2) is 0 Å². The molecular weight excluding hydrogens is 394 g/mol. The smallest absolute Gasteiger partial charge is 0.238 e. The number of nitrogens with one attached hydrogen (secondary N) is 2. The standard InChI is InChI=1S/C23H37N5O3/c1-6-18-9-7-8-10-19(18)24-20(29)16-27-11-13-28(14-12-27)22(31)17-26(5)15-21(30)25-23(2,3)4/h7-10H,6,11-17H2,1-5H3,(H,24,29)(H,25,30). The van der Waals surface area contributed by atoms with Gasteiger partial charge in [0.25, 0.3) is 0 Å². The molecule has 1 heterocycles. The fraction of sp³-hybridized carbons (Fsp3) is 0.609. The predicted molar refractivity (Wildman–Crippen MR) is 123 cm³/mol. The number of likely N-dealkylation sites (N-methyl/N-ethyl adjacent to an activating group) is 1. The van der Waals surface area contributed by atoms with Crippen molar-refractivity contribution in [2.45, 2.75) is 39.7 Å². The molecule has 172 valence electrons. The van der Waals surface area contributed by atoms with E-state index in [1.165, 1.54) is 0 Å². The molecule has 1 aromatic carbocycles. The van der Waals surface area contributed by atoms with E-state index in [4.69, 9.17) is 0 Å². The quantitative estimate of drug-likeness (QED) is 0.646. The molecule has 2 N–H and O–H groups in total. The third-order valence-corrected chi connectivity index (χ3v) is 5.10. The molecule has 3 amide bonds. The minimum atomic E-state index is -0.289. The van der Waals surface area contributed by atoms with Crippen LogP contribution in [0.2, 0.25) is 0 Å². The number of nitrogens with zero attached hydrogens (tertiary/aromatic N) is 3. The van der Waals surface area contributed by atoms with Crippen molar-refractivity contribution in [2.75, 3.05) is 58.2 Å². The molecule has 8 heteroatoms. The van der Waals surface area contributed by atoms with E-state index in [9.17, 15) is 14.4 Å². The molecule has 0 bridgehead atoms.